The van der Waals surface area contributed by atoms with E-state index in [4.69, 9.17) is 5.11 Å². The van der Waals surface area contributed by atoms with Crippen LogP contribution in [0.15, 0.2) is 24.3 Å². The first-order valence-corrected chi connectivity index (χ1v) is 7.61. The minimum atomic E-state index is -0.714. The maximum absolute atomic E-state index is 11.0. The monoisotopic (exact) mass is 275 g/mol. The van der Waals surface area contributed by atoms with Gasteiger partial charge in [-0.1, -0.05) is 38.1 Å². The van der Waals surface area contributed by atoms with Crippen LogP contribution in [0.2, 0.25) is 0 Å². The van der Waals surface area contributed by atoms with Crippen molar-refractivity contribution in [3.63, 3.8) is 0 Å². The van der Waals surface area contributed by atoms with E-state index in [1.807, 2.05) is 6.92 Å². The highest BCUT2D eigenvalue weighted by molar-refractivity contribution is 5.67. The molecular formula is C17H25NO2. The molecule has 0 fully saturated rings. The van der Waals surface area contributed by atoms with Crippen molar-refractivity contribution < 1.29 is 9.90 Å². The summed E-state index contributed by atoms with van der Waals surface area (Å²) >= 11 is 0. The molecule has 0 aromatic heterocycles. The van der Waals surface area contributed by atoms with E-state index in [-0.39, 0.29) is 12.5 Å². The lowest BCUT2D eigenvalue weighted by molar-refractivity contribution is -0.138. The molecule has 1 aromatic rings. The molecule has 3 nitrogen and oxygen atoms in total. The van der Waals surface area contributed by atoms with Gasteiger partial charge in [-0.3, -0.25) is 9.69 Å². The Balaban J connectivity index is 2.27. The predicted octanol–water partition coefficient (Wildman–Crippen LogP) is 3.81. The molecular weight excluding hydrogens is 250 g/mol. The number of rotatable bonds is 5. The third kappa shape index (κ3) is 3.04. The highest BCUT2D eigenvalue weighted by atomic mass is 16.4. The molecule has 1 N–H and O–H groups in total. The van der Waals surface area contributed by atoms with Crippen LogP contribution in [0.1, 0.15) is 63.1 Å². The number of hydrogen-bond donors (Lipinski definition) is 1. The lowest BCUT2D eigenvalue weighted by Gasteiger charge is -2.40. The van der Waals surface area contributed by atoms with Crippen molar-refractivity contribution >= 4 is 5.97 Å². The number of hydrogen-bond acceptors (Lipinski definition) is 2. The molecule has 1 aliphatic rings. The number of fused-ring (bicyclic) bond motifs is 1. The van der Waals surface area contributed by atoms with Crippen LogP contribution in [0.25, 0.3) is 0 Å². The van der Waals surface area contributed by atoms with E-state index >= 15 is 0 Å². The molecule has 0 saturated heterocycles. The summed E-state index contributed by atoms with van der Waals surface area (Å²) in [6.45, 7) is 7.32. The number of aliphatic carboxylic acids is 1. The quantitative estimate of drug-likeness (QED) is 0.888. The zero-order chi connectivity index (χ0) is 14.7. The molecule has 20 heavy (non-hydrogen) atoms. The molecule has 110 valence electrons. The van der Waals surface area contributed by atoms with Crippen molar-refractivity contribution in [3.05, 3.63) is 35.4 Å². The Bertz CT molecular complexity index is 472. The fourth-order valence-electron chi connectivity index (χ4n) is 3.54. The molecule has 0 heterocycles. The van der Waals surface area contributed by atoms with Gasteiger partial charge < -0.3 is 5.11 Å². The lowest BCUT2D eigenvalue weighted by Crippen LogP contribution is -2.39. The second-order valence-electron chi connectivity index (χ2n) is 5.90. The SMILES string of the molecule is CCN(C(C)CC(=O)O)C1CCC(C)c2ccccc21. The van der Waals surface area contributed by atoms with Crippen LogP contribution in [0.3, 0.4) is 0 Å². The van der Waals surface area contributed by atoms with E-state index in [2.05, 4.69) is 43.0 Å². The first-order valence-electron chi connectivity index (χ1n) is 7.61. The number of carboxylic acids is 1. The number of carbonyl (C=O) groups is 1. The molecule has 0 radical (unpaired) electrons. The van der Waals surface area contributed by atoms with Crippen LogP contribution in [-0.4, -0.2) is 28.6 Å². The van der Waals surface area contributed by atoms with Crippen molar-refractivity contribution in [3.8, 4) is 0 Å². The summed E-state index contributed by atoms with van der Waals surface area (Å²) in [7, 11) is 0. The van der Waals surface area contributed by atoms with Gasteiger partial charge in [-0.05, 0) is 43.4 Å². The molecule has 0 bridgehead atoms. The van der Waals surface area contributed by atoms with Crippen LogP contribution >= 0.6 is 0 Å². The molecule has 0 aliphatic heterocycles. The van der Waals surface area contributed by atoms with Crippen molar-refractivity contribution in [1.82, 2.24) is 4.90 Å². The number of nitrogens with zero attached hydrogens (tertiary/aromatic N) is 1. The number of carboxylic acid groups (broad SMARTS) is 1. The topological polar surface area (TPSA) is 40.5 Å². The van der Waals surface area contributed by atoms with Crippen molar-refractivity contribution in [2.24, 2.45) is 0 Å². The van der Waals surface area contributed by atoms with Gasteiger partial charge in [0.25, 0.3) is 0 Å². The van der Waals surface area contributed by atoms with Crippen LogP contribution in [0.5, 0.6) is 0 Å². The minimum absolute atomic E-state index is 0.0731. The maximum atomic E-state index is 11.0. The number of benzene rings is 1. The standard InChI is InChI=1S/C17H25NO2/c1-4-18(13(3)11-17(19)20)16-10-9-12(2)14-7-5-6-8-15(14)16/h5-8,12-13,16H,4,9-11H2,1-3H3,(H,19,20). The zero-order valence-corrected chi connectivity index (χ0v) is 12.7. The van der Waals surface area contributed by atoms with Crippen molar-refractivity contribution in [1.29, 1.82) is 0 Å². The van der Waals surface area contributed by atoms with Crippen LogP contribution < -0.4 is 0 Å². The second-order valence-corrected chi connectivity index (χ2v) is 5.90. The van der Waals surface area contributed by atoms with Gasteiger partial charge in [0.2, 0.25) is 0 Å². The summed E-state index contributed by atoms with van der Waals surface area (Å²) in [6.07, 6.45) is 2.51. The maximum Gasteiger partial charge on any atom is 0.304 e. The summed E-state index contributed by atoms with van der Waals surface area (Å²) in [4.78, 5) is 13.3. The van der Waals surface area contributed by atoms with Gasteiger partial charge >= 0.3 is 5.97 Å². The molecule has 2 rings (SSSR count). The predicted molar refractivity (Wildman–Crippen MR) is 80.9 cm³/mol. The largest absolute Gasteiger partial charge is 0.481 e. The van der Waals surface area contributed by atoms with Crippen molar-refractivity contribution in [2.45, 2.75) is 58.0 Å². The Morgan fingerprint density at radius 1 is 1.35 bits per heavy atom. The summed E-state index contributed by atoms with van der Waals surface area (Å²) in [5.41, 5.74) is 2.83. The van der Waals surface area contributed by atoms with E-state index in [1.54, 1.807) is 0 Å². The van der Waals surface area contributed by atoms with Gasteiger partial charge in [-0.25, -0.2) is 0 Å². The normalized spacial score (nSPS) is 23.4. The molecule has 3 heteroatoms. The smallest absolute Gasteiger partial charge is 0.304 e. The van der Waals surface area contributed by atoms with Gasteiger partial charge in [0.1, 0.15) is 0 Å². The third-order valence-corrected chi connectivity index (χ3v) is 4.56. The molecule has 0 amide bonds. The van der Waals surface area contributed by atoms with Crippen molar-refractivity contribution in [2.75, 3.05) is 6.54 Å². The van der Waals surface area contributed by atoms with Crippen LogP contribution in [0, 0.1) is 0 Å². The average Bonchev–Trinajstić information content (AvgIpc) is 2.41. The molecule has 0 spiro atoms. The molecule has 0 saturated carbocycles. The van der Waals surface area contributed by atoms with Crippen LogP contribution in [-0.2, 0) is 4.79 Å². The van der Waals surface area contributed by atoms with E-state index in [0.29, 0.717) is 12.0 Å². The molecule has 3 atom stereocenters. The summed E-state index contributed by atoms with van der Waals surface area (Å²) in [5.74, 6) is -0.107. The highest BCUT2D eigenvalue weighted by Crippen LogP contribution is 2.41. The van der Waals surface area contributed by atoms with E-state index in [1.165, 1.54) is 17.5 Å². The summed E-state index contributed by atoms with van der Waals surface area (Å²) < 4.78 is 0. The average molecular weight is 275 g/mol. The van der Waals surface area contributed by atoms with Gasteiger partial charge in [0, 0.05) is 12.1 Å². The second kappa shape index (κ2) is 6.40. The van der Waals surface area contributed by atoms with E-state index in [0.717, 1.165) is 13.0 Å². The Morgan fingerprint density at radius 2 is 2.00 bits per heavy atom. The first kappa shape index (κ1) is 15.0. The Kier molecular flexibility index (Phi) is 4.81. The fraction of sp³-hybridized carbons (Fsp3) is 0.588. The minimum Gasteiger partial charge on any atom is -0.481 e. The molecule has 1 aliphatic carbocycles. The summed E-state index contributed by atoms with van der Waals surface area (Å²) in [5, 5.41) is 9.04. The Labute approximate surface area is 121 Å². The summed E-state index contributed by atoms with van der Waals surface area (Å²) in [6, 6.07) is 9.08. The third-order valence-electron chi connectivity index (χ3n) is 4.56. The molecule has 3 unspecified atom stereocenters. The van der Waals surface area contributed by atoms with E-state index in [9.17, 15) is 4.79 Å². The highest BCUT2D eigenvalue weighted by Gasteiger charge is 2.31. The zero-order valence-electron chi connectivity index (χ0n) is 12.7. The molecule has 1 aromatic carbocycles. The fourth-order valence-corrected chi connectivity index (χ4v) is 3.54. The van der Waals surface area contributed by atoms with Gasteiger partial charge in [0.15, 0.2) is 0 Å². The van der Waals surface area contributed by atoms with Crippen LogP contribution in [0.4, 0.5) is 0 Å². The van der Waals surface area contributed by atoms with Gasteiger partial charge in [-0.15, -0.1) is 0 Å². The Hall–Kier alpha value is -1.35. The van der Waals surface area contributed by atoms with Gasteiger partial charge in [-0.2, -0.15) is 0 Å². The van der Waals surface area contributed by atoms with Gasteiger partial charge in [0.05, 0.1) is 6.42 Å². The lowest BCUT2D eigenvalue weighted by atomic mass is 9.80. The Morgan fingerprint density at radius 3 is 2.60 bits per heavy atom. The first-order chi connectivity index (χ1) is 9.54. The van der Waals surface area contributed by atoms with E-state index < -0.39 is 5.97 Å².